The molecule has 0 bridgehead atoms. The molecule has 0 aromatic carbocycles. The maximum atomic E-state index is 6.22. The second-order valence-corrected chi connectivity index (χ2v) is 5.32. The van der Waals surface area contributed by atoms with Crippen molar-refractivity contribution in [2.45, 2.75) is 19.9 Å². The van der Waals surface area contributed by atoms with Crippen molar-refractivity contribution in [3.05, 3.63) is 38.8 Å². The molecule has 0 spiro atoms. The van der Waals surface area contributed by atoms with E-state index in [9.17, 15) is 0 Å². The Morgan fingerprint density at radius 3 is 2.82 bits per heavy atom. The highest BCUT2D eigenvalue weighted by atomic mass is 35.5. The summed E-state index contributed by atoms with van der Waals surface area (Å²) in [4.78, 5) is 1.16. The third kappa shape index (κ3) is 2.54. The minimum Gasteiger partial charge on any atom is -0.306 e. The van der Waals surface area contributed by atoms with E-state index in [2.05, 4.69) is 23.5 Å². The van der Waals surface area contributed by atoms with Crippen LogP contribution in [0.1, 0.15) is 29.1 Å². The maximum absolute atomic E-state index is 6.22. The van der Waals surface area contributed by atoms with Crippen LogP contribution in [0.2, 0.25) is 5.02 Å². The lowest BCUT2D eigenvalue weighted by atomic mass is 10.1. The van der Waals surface area contributed by atoms with Crippen LogP contribution in [-0.4, -0.2) is 16.3 Å². The minimum absolute atomic E-state index is 0.140. The average molecular weight is 270 g/mol. The van der Waals surface area contributed by atoms with Gasteiger partial charge in [-0.3, -0.25) is 4.68 Å². The van der Waals surface area contributed by atoms with Crippen molar-refractivity contribution < 1.29 is 0 Å². The van der Waals surface area contributed by atoms with Crippen LogP contribution in [0.4, 0.5) is 0 Å². The third-order valence-electron chi connectivity index (χ3n) is 2.68. The van der Waals surface area contributed by atoms with Crippen molar-refractivity contribution >= 4 is 22.9 Å². The quantitative estimate of drug-likeness (QED) is 0.924. The lowest BCUT2D eigenvalue weighted by Crippen LogP contribution is -2.21. The number of halogens is 1. The zero-order valence-corrected chi connectivity index (χ0v) is 11.8. The molecular weight excluding hydrogens is 254 g/mol. The molecule has 0 aliphatic rings. The summed E-state index contributed by atoms with van der Waals surface area (Å²) in [6, 6.07) is 2.08. The molecule has 2 aromatic rings. The Balaban J connectivity index is 2.42. The van der Waals surface area contributed by atoms with Gasteiger partial charge in [0.05, 0.1) is 16.8 Å². The number of hydrogen-bond donors (Lipinski definition) is 1. The van der Waals surface area contributed by atoms with Crippen LogP contribution in [0.25, 0.3) is 0 Å². The van der Waals surface area contributed by atoms with Crippen molar-refractivity contribution in [1.82, 2.24) is 15.1 Å². The normalized spacial score (nSPS) is 12.9. The highest BCUT2D eigenvalue weighted by Crippen LogP contribution is 2.33. The standard InChI is InChI=1S/C12H16ClN3S/c1-4-14-11(12-10(13)5-6-17-12)9-7-16(3)15-8(9)2/h5-7,11,14H,4H2,1-3H3. The summed E-state index contributed by atoms with van der Waals surface area (Å²) in [5.41, 5.74) is 2.24. The number of thiophene rings is 1. The number of aryl methyl sites for hydroxylation is 2. The second-order valence-electron chi connectivity index (χ2n) is 3.97. The number of rotatable bonds is 4. The van der Waals surface area contributed by atoms with Gasteiger partial charge in [0.25, 0.3) is 0 Å². The summed E-state index contributed by atoms with van der Waals surface area (Å²) < 4.78 is 1.84. The SMILES string of the molecule is CCNC(c1cn(C)nc1C)c1sccc1Cl. The molecule has 1 N–H and O–H groups in total. The predicted molar refractivity (Wildman–Crippen MR) is 72.8 cm³/mol. The topological polar surface area (TPSA) is 29.9 Å². The van der Waals surface area contributed by atoms with Crippen LogP contribution in [0.15, 0.2) is 17.6 Å². The van der Waals surface area contributed by atoms with Crippen LogP contribution in [0, 0.1) is 6.92 Å². The zero-order chi connectivity index (χ0) is 12.4. The van der Waals surface area contributed by atoms with Crippen LogP contribution in [0.5, 0.6) is 0 Å². The Labute approximate surface area is 110 Å². The molecule has 2 aromatic heterocycles. The first kappa shape index (κ1) is 12.6. The van der Waals surface area contributed by atoms with Gasteiger partial charge in [-0.25, -0.2) is 0 Å². The van der Waals surface area contributed by atoms with E-state index < -0.39 is 0 Å². The molecule has 1 atom stereocenters. The fourth-order valence-corrected chi connectivity index (χ4v) is 3.22. The van der Waals surface area contributed by atoms with E-state index in [4.69, 9.17) is 11.6 Å². The Kier molecular flexibility index (Phi) is 3.86. The van der Waals surface area contributed by atoms with Gasteiger partial charge in [0.1, 0.15) is 0 Å². The van der Waals surface area contributed by atoms with Gasteiger partial charge in [0.15, 0.2) is 0 Å². The minimum atomic E-state index is 0.140. The fraction of sp³-hybridized carbons (Fsp3) is 0.417. The van der Waals surface area contributed by atoms with Crippen molar-refractivity contribution in [3.63, 3.8) is 0 Å². The molecule has 0 saturated heterocycles. The molecule has 0 amide bonds. The third-order valence-corrected chi connectivity index (χ3v) is 4.10. The molecule has 17 heavy (non-hydrogen) atoms. The lowest BCUT2D eigenvalue weighted by molar-refractivity contribution is 0.636. The van der Waals surface area contributed by atoms with Gasteiger partial charge in [-0.1, -0.05) is 18.5 Å². The molecule has 0 saturated carbocycles. The maximum Gasteiger partial charge on any atom is 0.0719 e. The summed E-state index contributed by atoms with van der Waals surface area (Å²) >= 11 is 7.90. The van der Waals surface area contributed by atoms with Gasteiger partial charge in [0.2, 0.25) is 0 Å². The second kappa shape index (κ2) is 5.21. The molecule has 2 heterocycles. The van der Waals surface area contributed by atoms with Gasteiger partial charge in [-0.05, 0) is 24.9 Å². The largest absolute Gasteiger partial charge is 0.306 e. The van der Waals surface area contributed by atoms with E-state index in [1.807, 2.05) is 30.1 Å². The molecule has 0 aliphatic heterocycles. The average Bonchev–Trinajstić information content (AvgIpc) is 2.82. The van der Waals surface area contributed by atoms with Gasteiger partial charge in [-0.15, -0.1) is 11.3 Å². The van der Waals surface area contributed by atoms with E-state index in [-0.39, 0.29) is 6.04 Å². The molecule has 3 nitrogen and oxygen atoms in total. The summed E-state index contributed by atoms with van der Waals surface area (Å²) in [6.45, 7) is 5.02. The number of nitrogens with zero attached hydrogens (tertiary/aromatic N) is 2. The number of nitrogens with one attached hydrogen (secondary N) is 1. The van der Waals surface area contributed by atoms with Crippen molar-refractivity contribution in [2.24, 2.45) is 7.05 Å². The lowest BCUT2D eigenvalue weighted by Gasteiger charge is -2.16. The van der Waals surface area contributed by atoms with Crippen molar-refractivity contribution in [3.8, 4) is 0 Å². The molecule has 0 fully saturated rings. The summed E-state index contributed by atoms with van der Waals surface area (Å²) in [6.07, 6.45) is 2.05. The summed E-state index contributed by atoms with van der Waals surface area (Å²) in [5.74, 6) is 0. The molecule has 5 heteroatoms. The van der Waals surface area contributed by atoms with E-state index in [0.29, 0.717) is 0 Å². The summed E-state index contributed by atoms with van der Waals surface area (Å²) in [7, 11) is 1.94. The summed E-state index contributed by atoms with van der Waals surface area (Å²) in [5, 5.41) is 10.7. The van der Waals surface area contributed by atoms with Crippen LogP contribution >= 0.6 is 22.9 Å². The van der Waals surface area contributed by atoms with Gasteiger partial charge in [-0.2, -0.15) is 5.10 Å². The van der Waals surface area contributed by atoms with Gasteiger partial charge < -0.3 is 5.32 Å². The van der Waals surface area contributed by atoms with E-state index in [0.717, 1.165) is 22.1 Å². The number of aromatic nitrogens is 2. The Hall–Kier alpha value is -0.840. The molecule has 92 valence electrons. The number of hydrogen-bond acceptors (Lipinski definition) is 3. The molecule has 0 radical (unpaired) electrons. The monoisotopic (exact) mass is 269 g/mol. The first-order valence-electron chi connectivity index (χ1n) is 5.60. The fourth-order valence-electron chi connectivity index (χ4n) is 1.96. The predicted octanol–water partition coefficient (Wildman–Crippen LogP) is 3.14. The van der Waals surface area contributed by atoms with Gasteiger partial charge in [0, 0.05) is 23.7 Å². The van der Waals surface area contributed by atoms with E-state index >= 15 is 0 Å². The van der Waals surface area contributed by atoms with Crippen LogP contribution < -0.4 is 5.32 Å². The van der Waals surface area contributed by atoms with Crippen molar-refractivity contribution in [2.75, 3.05) is 6.54 Å². The molecule has 2 rings (SSSR count). The Morgan fingerprint density at radius 2 is 2.35 bits per heavy atom. The van der Waals surface area contributed by atoms with E-state index in [1.54, 1.807) is 11.3 Å². The highest BCUT2D eigenvalue weighted by Gasteiger charge is 2.21. The first-order chi connectivity index (χ1) is 8.13. The van der Waals surface area contributed by atoms with Crippen LogP contribution in [0.3, 0.4) is 0 Å². The van der Waals surface area contributed by atoms with E-state index in [1.165, 1.54) is 5.56 Å². The molecule has 1 unspecified atom stereocenters. The zero-order valence-electron chi connectivity index (χ0n) is 10.2. The highest BCUT2D eigenvalue weighted by molar-refractivity contribution is 7.10. The molecular formula is C12H16ClN3S. The Bertz CT molecular complexity index is 504. The first-order valence-corrected chi connectivity index (χ1v) is 6.85. The van der Waals surface area contributed by atoms with Crippen molar-refractivity contribution in [1.29, 1.82) is 0 Å². The molecule has 0 aliphatic carbocycles. The van der Waals surface area contributed by atoms with Crippen LogP contribution in [-0.2, 0) is 7.05 Å². The smallest absolute Gasteiger partial charge is 0.0719 e. The van der Waals surface area contributed by atoms with Gasteiger partial charge >= 0.3 is 0 Å². The Morgan fingerprint density at radius 1 is 1.59 bits per heavy atom.